The van der Waals surface area contributed by atoms with Crippen molar-refractivity contribution in [2.75, 3.05) is 13.7 Å². The molecule has 0 aliphatic rings. The molecule has 1 aromatic carbocycles. The van der Waals surface area contributed by atoms with Crippen LogP contribution in [-0.4, -0.2) is 25.9 Å². The Morgan fingerprint density at radius 2 is 2.00 bits per heavy atom. The predicted octanol–water partition coefficient (Wildman–Crippen LogP) is 2.78. The van der Waals surface area contributed by atoms with Crippen LogP contribution >= 0.6 is 0 Å². The standard InChI is InChI=1S/C13H15F3N2O2/c1-3-8-17-12(19)18-11(13(14,15)16)9-4-6-10(20-2)7-5-9/h3-7,11H,1,8H2,2H3,(H2,17,18,19)/t11-/m1/s1. The highest BCUT2D eigenvalue weighted by atomic mass is 19.4. The van der Waals surface area contributed by atoms with Crippen molar-refractivity contribution < 1.29 is 22.7 Å². The van der Waals surface area contributed by atoms with Crippen molar-refractivity contribution in [1.29, 1.82) is 0 Å². The second-order valence-corrected chi connectivity index (χ2v) is 3.89. The number of benzene rings is 1. The lowest BCUT2D eigenvalue weighted by Gasteiger charge is -2.22. The summed E-state index contributed by atoms with van der Waals surface area (Å²) in [5.41, 5.74) is -0.0768. The fourth-order valence-electron chi connectivity index (χ4n) is 1.50. The smallest absolute Gasteiger partial charge is 0.412 e. The van der Waals surface area contributed by atoms with Crippen LogP contribution in [0.3, 0.4) is 0 Å². The van der Waals surface area contributed by atoms with E-state index in [1.54, 1.807) is 0 Å². The van der Waals surface area contributed by atoms with E-state index in [-0.39, 0.29) is 12.1 Å². The van der Waals surface area contributed by atoms with Crippen molar-refractivity contribution in [2.45, 2.75) is 12.2 Å². The lowest BCUT2D eigenvalue weighted by Crippen LogP contribution is -2.43. The molecular formula is C13H15F3N2O2. The van der Waals surface area contributed by atoms with Crippen LogP contribution in [0, 0.1) is 0 Å². The van der Waals surface area contributed by atoms with E-state index in [1.165, 1.54) is 37.5 Å². The van der Waals surface area contributed by atoms with Gasteiger partial charge in [0.25, 0.3) is 0 Å². The summed E-state index contributed by atoms with van der Waals surface area (Å²) in [7, 11) is 1.41. The Morgan fingerprint density at radius 1 is 1.40 bits per heavy atom. The van der Waals surface area contributed by atoms with E-state index in [0.717, 1.165) is 0 Å². The average Bonchev–Trinajstić information content (AvgIpc) is 2.41. The molecule has 0 spiro atoms. The highest BCUT2D eigenvalue weighted by molar-refractivity contribution is 5.74. The Morgan fingerprint density at radius 3 is 2.45 bits per heavy atom. The van der Waals surface area contributed by atoms with Gasteiger partial charge in [0.05, 0.1) is 7.11 Å². The van der Waals surface area contributed by atoms with Crippen LogP contribution in [0.15, 0.2) is 36.9 Å². The van der Waals surface area contributed by atoms with Gasteiger partial charge >= 0.3 is 12.2 Å². The van der Waals surface area contributed by atoms with Gasteiger partial charge in [0.15, 0.2) is 6.04 Å². The van der Waals surface area contributed by atoms with Gasteiger partial charge in [-0.3, -0.25) is 0 Å². The average molecular weight is 288 g/mol. The molecule has 110 valence electrons. The molecule has 0 saturated carbocycles. The molecule has 0 bridgehead atoms. The van der Waals surface area contributed by atoms with Crippen molar-refractivity contribution in [3.63, 3.8) is 0 Å². The van der Waals surface area contributed by atoms with Gasteiger partial charge in [0.1, 0.15) is 5.75 Å². The van der Waals surface area contributed by atoms with Crippen LogP contribution in [0.4, 0.5) is 18.0 Å². The third kappa shape index (κ3) is 4.49. The van der Waals surface area contributed by atoms with Gasteiger partial charge in [-0.1, -0.05) is 18.2 Å². The Labute approximate surface area is 114 Å². The minimum Gasteiger partial charge on any atom is -0.497 e. The van der Waals surface area contributed by atoms with E-state index in [4.69, 9.17) is 4.74 Å². The summed E-state index contributed by atoms with van der Waals surface area (Å²) < 4.78 is 43.8. The molecule has 0 aliphatic heterocycles. The molecule has 0 saturated heterocycles. The Kier molecular flexibility index (Phi) is 5.42. The van der Waals surface area contributed by atoms with Gasteiger partial charge in [-0.2, -0.15) is 13.2 Å². The third-order valence-electron chi connectivity index (χ3n) is 2.46. The summed E-state index contributed by atoms with van der Waals surface area (Å²) >= 11 is 0. The first-order chi connectivity index (χ1) is 9.38. The minimum absolute atomic E-state index is 0.0768. The monoisotopic (exact) mass is 288 g/mol. The van der Waals surface area contributed by atoms with E-state index >= 15 is 0 Å². The zero-order valence-electron chi connectivity index (χ0n) is 10.8. The van der Waals surface area contributed by atoms with E-state index in [1.807, 2.05) is 5.32 Å². The molecular weight excluding hydrogens is 273 g/mol. The van der Waals surface area contributed by atoms with E-state index in [9.17, 15) is 18.0 Å². The highest BCUT2D eigenvalue weighted by Crippen LogP contribution is 2.33. The lowest BCUT2D eigenvalue weighted by molar-refractivity contribution is -0.154. The van der Waals surface area contributed by atoms with E-state index < -0.39 is 18.2 Å². The largest absolute Gasteiger partial charge is 0.497 e. The number of hydrogen-bond acceptors (Lipinski definition) is 2. The summed E-state index contributed by atoms with van der Waals surface area (Å²) in [5.74, 6) is 0.436. The number of methoxy groups -OCH3 is 1. The summed E-state index contributed by atoms with van der Waals surface area (Å²) in [6.07, 6.45) is -3.23. The number of halogens is 3. The molecule has 0 heterocycles. The Hall–Kier alpha value is -2.18. The molecule has 1 rings (SSSR count). The maximum Gasteiger partial charge on any atom is 0.412 e. The van der Waals surface area contributed by atoms with Crippen LogP contribution in [0.5, 0.6) is 5.75 Å². The van der Waals surface area contributed by atoms with Crippen LogP contribution in [0.25, 0.3) is 0 Å². The lowest BCUT2D eigenvalue weighted by atomic mass is 10.1. The molecule has 1 aromatic rings. The van der Waals surface area contributed by atoms with Crippen molar-refractivity contribution in [3.05, 3.63) is 42.5 Å². The summed E-state index contributed by atoms with van der Waals surface area (Å²) in [5, 5.41) is 4.12. The summed E-state index contributed by atoms with van der Waals surface area (Å²) in [6, 6.07) is 2.31. The molecule has 4 nitrogen and oxygen atoms in total. The van der Waals surface area contributed by atoms with Gasteiger partial charge in [0.2, 0.25) is 0 Å². The first kappa shape index (κ1) is 15.9. The fourth-order valence-corrected chi connectivity index (χ4v) is 1.50. The summed E-state index contributed by atoms with van der Waals surface area (Å²) in [4.78, 5) is 11.4. The van der Waals surface area contributed by atoms with Gasteiger partial charge in [-0.05, 0) is 17.7 Å². The molecule has 0 fully saturated rings. The molecule has 1 atom stereocenters. The molecule has 20 heavy (non-hydrogen) atoms. The molecule has 0 aromatic heterocycles. The van der Waals surface area contributed by atoms with Crippen molar-refractivity contribution in [2.24, 2.45) is 0 Å². The molecule has 7 heteroatoms. The highest BCUT2D eigenvalue weighted by Gasteiger charge is 2.41. The number of alkyl halides is 3. The zero-order valence-corrected chi connectivity index (χ0v) is 10.8. The number of amides is 2. The predicted molar refractivity (Wildman–Crippen MR) is 68.5 cm³/mol. The molecule has 0 radical (unpaired) electrons. The molecule has 2 amide bonds. The zero-order chi connectivity index (χ0) is 15.2. The number of hydrogen-bond donors (Lipinski definition) is 2. The normalized spacial score (nSPS) is 12.4. The number of carbonyl (C=O) groups excluding carboxylic acids is 1. The summed E-state index contributed by atoms with van der Waals surface area (Å²) in [6.45, 7) is 3.44. The van der Waals surface area contributed by atoms with Gasteiger partial charge in [-0.25, -0.2) is 4.79 Å². The van der Waals surface area contributed by atoms with Crippen LogP contribution in [0.2, 0.25) is 0 Å². The van der Waals surface area contributed by atoms with Gasteiger partial charge in [-0.15, -0.1) is 6.58 Å². The Bertz CT molecular complexity index is 458. The maximum absolute atomic E-state index is 13.0. The van der Waals surface area contributed by atoms with E-state index in [2.05, 4.69) is 11.9 Å². The SMILES string of the molecule is C=CCNC(=O)N[C@H](c1ccc(OC)cc1)C(F)(F)F. The quantitative estimate of drug-likeness (QED) is 0.819. The maximum atomic E-state index is 13.0. The van der Waals surface area contributed by atoms with Gasteiger partial charge < -0.3 is 15.4 Å². The number of nitrogens with one attached hydrogen (secondary N) is 2. The fraction of sp³-hybridized carbons (Fsp3) is 0.308. The molecule has 2 N–H and O–H groups in total. The van der Waals surface area contributed by atoms with Crippen LogP contribution < -0.4 is 15.4 Å². The Balaban J connectivity index is 2.88. The number of carbonyl (C=O) groups is 1. The van der Waals surface area contributed by atoms with Crippen molar-refractivity contribution in [1.82, 2.24) is 10.6 Å². The van der Waals surface area contributed by atoms with Gasteiger partial charge in [0, 0.05) is 6.54 Å². The third-order valence-corrected chi connectivity index (χ3v) is 2.46. The minimum atomic E-state index is -4.60. The van der Waals surface area contributed by atoms with E-state index in [0.29, 0.717) is 5.75 Å². The number of urea groups is 1. The second kappa shape index (κ2) is 6.83. The molecule has 0 aliphatic carbocycles. The molecule has 0 unspecified atom stereocenters. The topological polar surface area (TPSA) is 50.4 Å². The first-order valence-corrected chi connectivity index (χ1v) is 5.74. The van der Waals surface area contributed by atoms with Crippen LogP contribution in [0.1, 0.15) is 11.6 Å². The first-order valence-electron chi connectivity index (χ1n) is 5.74. The van der Waals surface area contributed by atoms with Crippen molar-refractivity contribution >= 4 is 6.03 Å². The number of rotatable bonds is 5. The van der Waals surface area contributed by atoms with Crippen LogP contribution in [-0.2, 0) is 0 Å². The number of ether oxygens (including phenoxy) is 1. The second-order valence-electron chi connectivity index (χ2n) is 3.89. The van der Waals surface area contributed by atoms with Crippen molar-refractivity contribution in [3.8, 4) is 5.75 Å².